The fraction of sp³-hybridized carbons (Fsp3) is 0.444. The third-order valence-electron chi connectivity index (χ3n) is 4.94. The maximum atomic E-state index is 13.1. The maximum Gasteiger partial charge on any atom is 0.257 e. The van der Waals surface area contributed by atoms with Crippen LogP contribution in [0.25, 0.3) is 5.69 Å². The summed E-state index contributed by atoms with van der Waals surface area (Å²) in [5.74, 6) is 3.02. The Morgan fingerprint density at radius 2 is 2.21 bits per heavy atom. The largest absolute Gasteiger partial charge is 0.334 e. The van der Waals surface area contributed by atoms with Gasteiger partial charge in [0.05, 0.1) is 28.2 Å². The SMILES string of the molecule is CCc1c(C(=O)N2CC3CSCC2C3)cnn1-c1ccccc1Cl. The summed E-state index contributed by atoms with van der Waals surface area (Å²) >= 11 is 8.29. The fourth-order valence-electron chi connectivity index (χ4n) is 3.79. The van der Waals surface area contributed by atoms with Crippen molar-refractivity contribution in [1.29, 1.82) is 0 Å². The standard InChI is InChI=1S/C18H20ClN3OS/c1-2-16-14(8-20-22(16)17-6-4-3-5-15(17)19)18(23)21-9-12-7-13(21)11-24-10-12/h3-6,8,12-13H,2,7,9-11H2,1H3. The first-order valence-electron chi connectivity index (χ1n) is 8.39. The second-order valence-corrected chi connectivity index (χ2v) is 7.95. The van der Waals surface area contributed by atoms with Crippen LogP contribution in [-0.2, 0) is 6.42 Å². The van der Waals surface area contributed by atoms with Crippen molar-refractivity contribution in [2.75, 3.05) is 18.1 Å². The van der Waals surface area contributed by atoms with Gasteiger partial charge in [-0.15, -0.1) is 0 Å². The predicted octanol–water partition coefficient (Wildman–Crippen LogP) is 3.67. The number of aromatic nitrogens is 2. The third-order valence-corrected chi connectivity index (χ3v) is 6.59. The van der Waals surface area contributed by atoms with Crippen molar-refractivity contribution in [3.8, 4) is 5.69 Å². The molecule has 0 radical (unpaired) electrons. The van der Waals surface area contributed by atoms with Crippen LogP contribution in [0.15, 0.2) is 30.5 Å². The first-order valence-corrected chi connectivity index (χ1v) is 9.92. The van der Waals surface area contributed by atoms with Gasteiger partial charge in [-0.3, -0.25) is 4.79 Å². The number of fused-ring (bicyclic) bond motifs is 2. The van der Waals surface area contributed by atoms with E-state index in [-0.39, 0.29) is 5.91 Å². The summed E-state index contributed by atoms with van der Waals surface area (Å²) in [6.07, 6.45) is 3.60. The van der Waals surface area contributed by atoms with E-state index in [0.29, 0.717) is 17.0 Å². The molecule has 126 valence electrons. The normalized spacial score (nSPS) is 22.8. The summed E-state index contributed by atoms with van der Waals surface area (Å²) in [4.78, 5) is 15.2. The van der Waals surface area contributed by atoms with Gasteiger partial charge in [0.15, 0.2) is 0 Å². The van der Waals surface area contributed by atoms with Crippen molar-refractivity contribution in [3.05, 3.63) is 46.7 Å². The Morgan fingerprint density at radius 3 is 2.96 bits per heavy atom. The average Bonchev–Trinajstić information content (AvgIpc) is 3.15. The molecule has 4 rings (SSSR count). The summed E-state index contributed by atoms with van der Waals surface area (Å²) in [6, 6.07) is 8.00. The molecule has 2 aliphatic rings. The zero-order chi connectivity index (χ0) is 16.7. The number of para-hydroxylation sites is 1. The van der Waals surface area contributed by atoms with Gasteiger partial charge in [-0.25, -0.2) is 4.68 Å². The number of hydrogen-bond donors (Lipinski definition) is 0. The first kappa shape index (κ1) is 16.0. The van der Waals surface area contributed by atoms with Gasteiger partial charge < -0.3 is 4.90 Å². The van der Waals surface area contributed by atoms with Gasteiger partial charge in [-0.05, 0) is 36.6 Å². The van der Waals surface area contributed by atoms with Gasteiger partial charge in [0.25, 0.3) is 5.91 Å². The monoisotopic (exact) mass is 361 g/mol. The number of amides is 1. The Bertz CT molecular complexity index is 775. The van der Waals surface area contributed by atoms with Crippen molar-refractivity contribution >= 4 is 29.3 Å². The van der Waals surface area contributed by atoms with E-state index in [9.17, 15) is 4.79 Å². The van der Waals surface area contributed by atoms with Crippen molar-refractivity contribution < 1.29 is 4.79 Å². The molecule has 0 saturated carbocycles. The molecule has 2 aliphatic heterocycles. The number of carbonyl (C=O) groups excluding carboxylic acids is 1. The van der Waals surface area contributed by atoms with Gasteiger partial charge >= 0.3 is 0 Å². The van der Waals surface area contributed by atoms with Gasteiger partial charge in [-0.1, -0.05) is 30.7 Å². The molecule has 2 fully saturated rings. The highest BCUT2D eigenvalue weighted by Gasteiger charge is 2.39. The molecule has 3 heterocycles. The molecule has 4 nitrogen and oxygen atoms in total. The molecule has 6 heteroatoms. The zero-order valence-electron chi connectivity index (χ0n) is 13.6. The third kappa shape index (κ3) is 2.64. The van der Waals surface area contributed by atoms with E-state index in [1.54, 1.807) is 6.20 Å². The van der Waals surface area contributed by atoms with E-state index in [0.717, 1.165) is 42.1 Å². The lowest BCUT2D eigenvalue weighted by Crippen LogP contribution is -2.37. The molecule has 0 N–H and O–H groups in total. The van der Waals surface area contributed by atoms with Crippen LogP contribution < -0.4 is 0 Å². The number of nitrogens with zero attached hydrogens (tertiary/aromatic N) is 3. The maximum absolute atomic E-state index is 13.1. The van der Waals surface area contributed by atoms with Crippen LogP contribution in [0.5, 0.6) is 0 Å². The number of thioether (sulfide) groups is 1. The van der Waals surface area contributed by atoms with Crippen molar-refractivity contribution in [2.24, 2.45) is 5.92 Å². The van der Waals surface area contributed by atoms with E-state index >= 15 is 0 Å². The second kappa shape index (κ2) is 6.45. The number of likely N-dealkylation sites (tertiary alicyclic amines) is 1. The van der Waals surface area contributed by atoms with Crippen LogP contribution in [0.1, 0.15) is 29.4 Å². The molecular weight excluding hydrogens is 342 g/mol. The molecule has 2 atom stereocenters. The van der Waals surface area contributed by atoms with Crippen molar-refractivity contribution in [2.45, 2.75) is 25.8 Å². The molecule has 1 aromatic carbocycles. The number of hydrogen-bond acceptors (Lipinski definition) is 3. The fourth-order valence-corrected chi connectivity index (χ4v) is 5.31. The topological polar surface area (TPSA) is 38.1 Å². The van der Waals surface area contributed by atoms with E-state index in [1.807, 2.05) is 40.7 Å². The van der Waals surface area contributed by atoms with E-state index in [4.69, 9.17) is 11.6 Å². The smallest absolute Gasteiger partial charge is 0.257 e. The molecule has 0 spiro atoms. The van der Waals surface area contributed by atoms with E-state index in [2.05, 4.69) is 16.9 Å². The first-order chi connectivity index (χ1) is 11.7. The Labute approximate surface area is 151 Å². The highest BCUT2D eigenvalue weighted by Crippen LogP contribution is 2.35. The van der Waals surface area contributed by atoms with Crippen LogP contribution >= 0.6 is 23.4 Å². The lowest BCUT2D eigenvalue weighted by molar-refractivity contribution is 0.0747. The molecule has 0 aliphatic carbocycles. The number of halogens is 1. The zero-order valence-corrected chi connectivity index (χ0v) is 15.2. The highest BCUT2D eigenvalue weighted by atomic mass is 35.5. The van der Waals surface area contributed by atoms with Crippen LogP contribution in [0.2, 0.25) is 5.02 Å². The summed E-state index contributed by atoms with van der Waals surface area (Å²) in [7, 11) is 0. The number of benzene rings is 1. The highest BCUT2D eigenvalue weighted by molar-refractivity contribution is 7.99. The van der Waals surface area contributed by atoms with Gasteiger partial charge in [0.1, 0.15) is 0 Å². The minimum atomic E-state index is 0.125. The lowest BCUT2D eigenvalue weighted by Gasteiger charge is -2.24. The van der Waals surface area contributed by atoms with Gasteiger partial charge in [0.2, 0.25) is 0 Å². The number of rotatable bonds is 3. The molecule has 1 aromatic heterocycles. The molecule has 2 unspecified atom stereocenters. The summed E-state index contributed by atoms with van der Waals surface area (Å²) in [5.41, 5.74) is 2.47. The summed E-state index contributed by atoms with van der Waals surface area (Å²) in [5, 5.41) is 5.12. The Hall–Kier alpha value is -1.46. The second-order valence-electron chi connectivity index (χ2n) is 6.47. The Morgan fingerprint density at radius 1 is 1.38 bits per heavy atom. The van der Waals surface area contributed by atoms with Gasteiger partial charge in [-0.2, -0.15) is 16.9 Å². The van der Waals surface area contributed by atoms with E-state index in [1.165, 1.54) is 5.75 Å². The van der Waals surface area contributed by atoms with Crippen molar-refractivity contribution in [1.82, 2.24) is 14.7 Å². The Kier molecular flexibility index (Phi) is 4.31. The van der Waals surface area contributed by atoms with Gasteiger partial charge in [0, 0.05) is 18.3 Å². The van der Waals surface area contributed by atoms with Crippen LogP contribution in [-0.4, -0.2) is 44.7 Å². The molecule has 1 amide bonds. The molecule has 2 aromatic rings. The average molecular weight is 362 g/mol. The van der Waals surface area contributed by atoms with E-state index < -0.39 is 0 Å². The minimum Gasteiger partial charge on any atom is -0.334 e. The lowest BCUT2D eigenvalue weighted by atomic mass is 10.1. The molecular formula is C18H20ClN3OS. The van der Waals surface area contributed by atoms with Crippen molar-refractivity contribution in [3.63, 3.8) is 0 Å². The van der Waals surface area contributed by atoms with Crippen LogP contribution in [0.3, 0.4) is 0 Å². The quantitative estimate of drug-likeness (QED) is 0.837. The minimum absolute atomic E-state index is 0.125. The predicted molar refractivity (Wildman–Crippen MR) is 98.2 cm³/mol. The Balaban J connectivity index is 1.69. The van der Waals surface area contributed by atoms with Crippen LogP contribution in [0.4, 0.5) is 0 Å². The molecule has 2 saturated heterocycles. The number of carbonyl (C=O) groups is 1. The molecule has 2 bridgehead atoms. The van der Waals surface area contributed by atoms with Crippen LogP contribution in [0, 0.1) is 5.92 Å². The molecule has 24 heavy (non-hydrogen) atoms. The summed E-state index contributed by atoms with van der Waals surface area (Å²) < 4.78 is 1.81. The summed E-state index contributed by atoms with van der Waals surface area (Å²) in [6.45, 7) is 2.94.